The molecule has 0 aliphatic rings. The summed E-state index contributed by atoms with van der Waals surface area (Å²) in [5, 5.41) is 6.40. The minimum absolute atomic E-state index is 0.169. The average molecular weight is 353 g/mol. The Morgan fingerprint density at radius 1 is 1.04 bits per heavy atom. The van der Waals surface area contributed by atoms with Crippen molar-refractivity contribution < 1.29 is 4.74 Å². The summed E-state index contributed by atoms with van der Waals surface area (Å²) in [6.45, 7) is 7.38. The van der Waals surface area contributed by atoms with E-state index in [-0.39, 0.29) is 5.41 Å². The van der Waals surface area contributed by atoms with E-state index in [1.54, 1.807) is 18.4 Å². The molecule has 0 radical (unpaired) electrons. The van der Waals surface area contributed by atoms with Gasteiger partial charge in [-0.2, -0.15) is 0 Å². The summed E-state index contributed by atoms with van der Waals surface area (Å²) < 4.78 is 5.39. The molecule has 130 valence electrons. The smallest absolute Gasteiger partial charge is 0.183 e. The number of methoxy groups -OCH3 is 1. The van der Waals surface area contributed by atoms with Crippen molar-refractivity contribution in [1.82, 2.24) is 4.98 Å². The zero-order valence-corrected chi connectivity index (χ0v) is 16.0. The molecule has 0 saturated heterocycles. The second kappa shape index (κ2) is 7.28. The summed E-state index contributed by atoms with van der Waals surface area (Å²) in [5.41, 5.74) is 4.78. The highest BCUT2D eigenvalue weighted by Crippen LogP contribution is 2.29. The topological polar surface area (TPSA) is 34.1 Å². The molecule has 0 amide bonds. The molecule has 0 aliphatic carbocycles. The van der Waals surface area contributed by atoms with Gasteiger partial charge in [-0.15, -0.1) is 11.3 Å². The van der Waals surface area contributed by atoms with Crippen LogP contribution in [-0.4, -0.2) is 12.1 Å². The SMILES string of the molecule is COc1ccccc1CNc1nc(-c2ccc(C(C)(C)C)cc2)cs1. The summed E-state index contributed by atoms with van der Waals surface area (Å²) in [6, 6.07) is 16.7. The molecule has 1 aromatic heterocycles. The van der Waals surface area contributed by atoms with E-state index >= 15 is 0 Å². The predicted octanol–water partition coefficient (Wildman–Crippen LogP) is 5.73. The van der Waals surface area contributed by atoms with Crippen LogP contribution in [0.5, 0.6) is 5.75 Å². The molecular formula is C21H24N2OS. The molecule has 0 aliphatic heterocycles. The van der Waals surface area contributed by atoms with Gasteiger partial charge in [-0.1, -0.05) is 63.2 Å². The standard InChI is InChI=1S/C21H24N2OS/c1-21(2,3)17-11-9-15(10-12-17)18-14-25-20(23-18)22-13-16-7-5-6-8-19(16)24-4/h5-12,14H,13H2,1-4H3,(H,22,23). The maximum atomic E-state index is 5.39. The lowest BCUT2D eigenvalue weighted by Gasteiger charge is -2.18. The number of benzene rings is 2. The zero-order chi connectivity index (χ0) is 17.9. The van der Waals surface area contributed by atoms with E-state index in [2.05, 4.69) is 61.8 Å². The summed E-state index contributed by atoms with van der Waals surface area (Å²) in [7, 11) is 1.70. The van der Waals surface area contributed by atoms with Gasteiger partial charge in [-0.25, -0.2) is 4.98 Å². The Kier molecular flexibility index (Phi) is 5.09. The molecule has 0 saturated carbocycles. The number of thiazole rings is 1. The summed E-state index contributed by atoms with van der Waals surface area (Å²) in [6.07, 6.45) is 0. The summed E-state index contributed by atoms with van der Waals surface area (Å²) in [5.74, 6) is 0.893. The van der Waals surface area contributed by atoms with Crippen molar-refractivity contribution in [2.75, 3.05) is 12.4 Å². The van der Waals surface area contributed by atoms with E-state index < -0.39 is 0 Å². The average Bonchev–Trinajstić information content (AvgIpc) is 3.08. The summed E-state index contributed by atoms with van der Waals surface area (Å²) >= 11 is 1.62. The molecule has 0 bridgehead atoms. The van der Waals surface area contributed by atoms with Gasteiger partial charge in [0.15, 0.2) is 5.13 Å². The molecule has 0 fully saturated rings. The number of hydrogen-bond donors (Lipinski definition) is 1. The van der Waals surface area contributed by atoms with Crippen molar-refractivity contribution in [1.29, 1.82) is 0 Å². The Labute approximate surface area is 153 Å². The van der Waals surface area contributed by atoms with Crippen LogP contribution < -0.4 is 10.1 Å². The fourth-order valence-electron chi connectivity index (χ4n) is 2.65. The molecule has 2 aromatic carbocycles. The van der Waals surface area contributed by atoms with Crippen molar-refractivity contribution in [3.05, 3.63) is 65.0 Å². The predicted molar refractivity (Wildman–Crippen MR) is 107 cm³/mol. The van der Waals surface area contributed by atoms with Gasteiger partial charge in [-0.3, -0.25) is 0 Å². The van der Waals surface area contributed by atoms with Gasteiger partial charge in [0.2, 0.25) is 0 Å². The van der Waals surface area contributed by atoms with Crippen LogP contribution in [0.2, 0.25) is 0 Å². The van der Waals surface area contributed by atoms with Crippen LogP contribution >= 0.6 is 11.3 Å². The van der Waals surface area contributed by atoms with Crippen LogP contribution in [-0.2, 0) is 12.0 Å². The second-order valence-electron chi connectivity index (χ2n) is 7.03. The van der Waals surface area contributed by atoms with E-state index in [0.29, 0.717) is 6.54 Å². The van der Waals surface area contributed by atoms with E-state index in [9.17, 15) is 0 Å². The Bertz CT molecular complexity index is 832. The van der Waals surface area contributed by atoms with Crippen LogP contribution in [0.15, 0.2) is 53.9 Å². The van der Waals surface area contributed by atoms with Crippen molar-refractivity contribution in [2.24, 2.45) is 0 Å². The number of aromatic nitrogens is 1. The first-order valence-corrected chi connectivity index (χ1v) is 9.27. The molecule has 0 unspecified atom stereocenters. The van der Waals surface area contributed by atoms with E-state index in [1.807, 2.05) is 18.2 Å². The second-order valence-corrected chi connectivity index (χ2v) is 7.89. The molecule has 3 aromatic rings. The fraction of sp³-hybridized carbons (Fsp3) is 0.286. The molecule has 0 atom stereocenters. The monoisotopic (exact) mass is 352 g/mol. The highest BCUT2D eigenvalue weighted by Gasteiger charge is 2.13. The number of ether oxygens (including phenoxy) is 1. The lowest BCUT2D eigenvalue weighted by atomic mass is 9.86. The first-order chi connectivity index (χ1) is 12.0. The van der Waals surface area contributed by atoms with Crippen molar-refractivity contribution >= 4 is 16.5 Å². The Balaban J connectivity index is 1.70. The quantitative estimate of drug-likeness (QED) is 0.637. The Morgan fingerprint density at radius 2 is 1.76 bits per heavy atom. The lowest BCUT2D eigenvalue weighted by Crippen LogP contribution is -2.10. The maximum absolute atomic E-state index is 5.39. The van der Waals surface area contributed by atoms with Gasteiger partial charge >= 0.3 is 0 Å². The fourth-order valence-corrected chi connectivity index (χ4v) is 3.37. The van der Waals surface area contributed by atoms with Crippen LogP contribution in [0.25, 0.3) is 11.3 Å². The molecule has 0 spiro atoms. The molecule has 1 N–H and O–H groups in total. The zero-order valence-electron chi connectivity index (χ0n) is 15.2. The van der Waals surface area contributed by atoms with E-state index in [1.165, 1.54) is 5.56 Å². The highest BCUT2D eigenvalue weighted by atomic mass is 32.1. The molecular weight excluding hydrogens is 328 g/mol. The Hall–Kier alpha value is -2.33. The molecule has 4 heteroatoms. The van der Waals surface area contributed by atoms with Crippen LogP contribution in [0.1, 0.15) is 31.9 Å². The van der Waals surface area contributed by atoms with Crippen LogP contribution in [0, 0.1) is 0 Å². The number of nitrogens with zero attached hydrogens (tertiary/aromatic N) is 1. The third kappa shape index (κ3) is 4.20. The summed E-state index contributed by atoms with van der Waals surface area (Å²) in [4.78, 5) is 4.71. The normalized spacial score (nSPS) is 11.4. The first-order valence-electron chi connectivity index (χ1n) is 8.39. The van der Waals surface area contributed by atoms with Crippen LogP contribution in [0.3, 0.4) is 0 Å². The van der Waals surface area contributed by atoms with Crippen molar-refractivity contribution in [3.63, 3.8) is 0 Å². The van der Waals surface area contributed by atoms with Gasteiger partial charge in [0.25, 0.3) is 0 Å². The van der Waals surface area contributed by atoms with Crippen LogP contribution in [0.4, 0.5) is 5.13 Å². The number of rotatable bonds is 5. The van der Waals surface area contributed by atoms with Crippen molar-refractivity contribution in [2.45, 2.75) is 32.7 Å². The largest absolute Gasteiger partial charge is 0.496 e. The maximum Gasteiger partial charge on any atom is 0.183 e. The first kappa shape index (κ1) is 17.5. The van der Waals surface area contributed by atoms with Gasteiger partial charge in [-0.05, 0) is 17.0 Å². The minimum Gasteiger partial charge on any atom is -0.496 e. The van der Waals surface area contributed by atoms with E-state index in [0.717, 1.165) is 27.7 Å². The molecule has 25 heavy (non-hydrogen) atoms. The number of nitrogens with one attached hydrogen (secondary N) is 1. The molecule has 3 rings (SSSR count). The number of anilines is 1. The third-order valence-electron chi connectivity index (χ3n) is 4.17. The Morgan fingerprint density at radius 3 is 2.44 bits per heavy atom. The molecule has 1 heterocycles. The minimum atomic E-state index is 0.169. The van der Waals surface area contributed by atoms with Gasteiger partial charge in [0.1, 0.15) is 5.75 Å². The highest BCUT2D eigenvalue weighted by molar-refractivity contribution is 7.14. The van der Waals surface area contributed by atoms with Crippen molar-refractivity contribution in [3.8, 4) is 17.0 Å². The van der Waals surface area contributed by atoms with Gasteiger partial charge in [0.05, 0.1) is 12.8 Å². The lowest BCUT2D eigenvalue weighted by molar-refractivity contribution is 0.410. The number of hydrogen-bond acceptors (Lipinski definition) is 4. The van der Waals surface area contributed by atoms with Gasteiger partial charge in [0, 0.05) is 23.1 Å². The third-order valence-corrected chi connectivity index (χ3v) is 4.97. The molecule has 3 nitrogen and oxygen atoms in total. The van der Waals surface area contributed by atoms with Gasteiger partial charge < -0.3 is 10.1 Å². The number of para-hydroxylation sites is 1. The van der Waals surface area contributed by atoms with E-state index in [4.69, 9.17) is 9.72 Å².